The van der Waals surface area contributed by atoms with Crippen molar-refractivity contribution in [1.29, 1.82) is 0 Å². The molecule has 0 aliphatic carbocycles. The predicted octanol–water partition coefficient (Wildman–Crippen LogP) is 4.62. The van der Waals surface area contributed by atoms with E-state index in [1.807, 2.05) is 54.5 Å². The molecule has 1 fully saturated rings. The van der Waals surface area contributed by atoms with Crippen molar-refractivity contribution < 1.29 is 33.1 Å². The number of nitrogens with one attached hydrogen (secondary N) is 1. The van der Waals surface area contributed by atoms with Gasteiger partial charge in [0.15, 0.2) is 5.60 Å². The number of aliphatic hydroxyl groups is 1. The summed E-state index contributed by atoms with van der Waals surface area (Å²) in [6, 6.07) is 9.96. The number of alkyl carbamates (subject to hydrolysis) is 1. The Bertz CT molecular complexity index is 1150. The normalized spacial score (nSPS) is 24.3. The van der Waals surface area contributed by atoms with Gasteiger partial charge in [0.2, 0.25) is 0 Å². The number of carbonyl (C=O) groups excluding carboxylic acids is 1. The standard InChI is InChI=1S/C26H32BClFNO6/c1-23(2,3)30-22(32)33-14-26(15-11-9-8-10-12-15)21(31)18-17(34-26)13-16(29)20(28)19(18)27-35-24(4,5)25(6,7)36-27/h8-13,21,31H,14H2,1-7H3,(H,30,32). The first-order valence-electron chi connectivity index (χ1n) is 11.8. The first-order valence-corrected chi connectivity index (χ1v) is 12.2. The maximum atomic E-state index is 15.1. The van der Waals surface area contributed by atoms with E-state index in [9.17, 15) is 9.90 Å². The Morgan fingerprint density at radius 2 is 1.75 bits per heavy atom. The topological polar surface area (TPSA) is 86.3 Å². The van der Waals surface area contributed by atoms with Crippen LogP contribution < -0.4 is 15.5 Å². The molecule has 0 radical (unpaired) electrons. The molecule has 0 saturated carbocycles. The Balaban J connectivity index is 1.79. The number of halogens is 2. The van der Waals surface area contributed by atoms with Crippen LogP contribution in [0.3, 0.4) is 0 Å². The van der Waals surface area contributed by atoms with Gasteiger partial charge < -0.3 is 29.2 Å². The molecule has 2 aliphatic rings. The van der Waals surface area contributed by atoms with E-state index in [2.05, 4.69) is 5.32 Å². The van der Waals surface area contributed by atoms with E-state index in [-0.39, 0.29) is 28.4 Å². The average molecular weight is 520 g/mol. The van der Waals surface area contributed by atoms with Crippen molar-refractivity contribution in [2.24, 2.45) is 0 Å². The zero-order valence-corrected chi connectivity index (χ0v) is 22.3. The monoisotopic (exact) mass is 519 g/mol. The number of ether oxygens (including phenoxy) is 2. The molecule has 2 atom stereocenters. The van der Waals surface area contributed by atoms with Crippen molar-refractivity contribution in [2.75, 3.05) is 6.61 Å². The molecule has 0 spiro atoms. The minimum Gasteiger partial charge on any atom is -0.475 e. The molecule has 10 heteroatoms. The number of hydrogen-bond acceptors (Lipinski definition) is 6. The number of benzene rings is 2. The van der Waals surface area contributed by atoms with Crippen molar-refractivity contribution in [3.05, 3.63) is 58.4 Å². The molecule has 194 valence electrons. The summed E-state index contributed by atoms with van der Waals surface area (Å²) in [6.45, 7) is 12.6. The second-order valence-corrected chi connectivity index (χ2v) is 11.7. The van der Waals surface area contributed by atoms with Gasteiger partial charge in [0.05, 0.1) is 16.2 Å². The van der Waals surface area contributed by atoms with Crippen LogP contribution in [0.5, 0.6) is 5.75 Å². The first kappa shape index (κ1) is 26.7. The first-order chi connectivity index (χ1) is 16.6. The van der Waals surface area contributed by atoms with Crippen LogP contribution in [0.25, 0.3) is 0 Å². The fourth-order valence-corrected chi connectivity index (χ4v) is 4.57. The van der Waals surface area contributed by atoms with Crippen LogP contribution in [0.2, 0.25) is 5.02 Å². The predicted molar refractivity (Wildman–Crippen MR) is 135 cm³/mol. The van der Waals surface area contributed by atoms with E-state index >= 15 is 4.39 Å². The van der Waals surface area contributed by atoms with Gasteiger partial charge in [-0.1, -0.05) is 41.9 Å². The molecule has 36 heavy (non-hydrogen) atoms. The Hall–Kier alpha value is -2.33. The number of amides is 1. The number of rotatable bonds is 4. The Morgan fingerprint density at radius 1 is 1.17 bits per heavy atom. The molecule has 1 amide bonds. The summed E-state index contributed by atoms with van der Waals surface area (Å²) in [6.07, 6.45) is -2.07. The minimum absolute atomic E-state index is 0.0674. The molecule has 2 unspecified atom stereocenters. The van der Waals surface area contributed by atoms with Gasteiger partial charge in [-0.15, -0.1) is 0 Å². The van der Waals surface area contributed by atoms with Crippen LogP contribution in [0.1, 0.15) is 65.7 Å². The number of aliphatic hydroxyl groups excluding tert-OH is 1. The summed E-state index contributed by atoms with van der Waals surface area (Å²) in [7, 11) is -1.05. The Labute approximate surface area is 216 Å². The molecule has 1 saturated heterocycles. The number of fused-ring (bicyclic) bond motifs is 1. The summed E-state index contributed by atoms with van der Waals surface area (Å²) < 4.78 is 39.1. The van der Waals surface area contributed by atoms with E-state index in [1.165, 1.54) is 0 Å². The molecule has 2 N–H and O–H groups in total. The second-order valence-electron chi connectivity index (χ2n) is 11.3. The van der Waals surface area contributed by atoms with Crippen molar-refractivity contribution in [3.8, 4) is 5.75 Å². The highest BCUT2D eigenvalue weighted by molar-refractivity contribution is 6.66. The zero-order chi connectivity index (χ0) is 26.7. The maximum Gasteiger partial charge on any atom is 0.497 e. The van der Waals surface area contributed by atoms with Crippen molar-refractivity contribution in [2.45, 2.75) is 76.9 Å². The van der Waals surface area contributed by atoms with Crippen LogP contribution in [0, 0.1) is 5.82 Å². The lowest BCUT2D eigenvalue weighted by atomic mass is 9.72. The summed E-state index contributed by atoms with van der Waals surface area (Å²) in [5, 5.41) is 14.3. The molecule has 2 aromatic carbocycles. The smallest absolute Gasteiger partial charge is 0.475 e. The summed E-state index contributed by atoms with van der Waals surface area (Å²) in [5.74, 6) is -0.680. The molecule has 2 aliphatic heterocycles. The van der Waals surface area contributed by atoms with Gasteiger partial charge in [0.25, 0.3) is 0 Å². The molecule has 0 bridgehead atoms. The highest BCUT2D eigenvalue weighted by Gasteiger charge is 2.58. The lowest BCUT2D eigenvalue weighted by Gasteiger charge is -2.32. The quantitative estimate of drug-likeness (QED) is 0.573. The van der Waals surface area contributed by atoms with Gasteiger partial charge in [0, 0.05) is 28.2 Å². The minimum atomic E-state index is -1.56. The maximum absolute atomic E-state index is 15.1. The highest BCUT2D eigenvalue weighted by atomic mass is 35.5. The summed E-state index contributed by atoms with van der Waals surface area (Å²) >= 11 is 6.45. The van der Waals surface area contributed by atoms with E-state index < -0.39 is 47.5 Å². The van der Waals surface area contributed by atoms with Gasteiger partial charge in [0.1, 0.15) is 24.3 Å². The summed E-state index contributed by atoms with van der Waals surface area (Å²) in [4.78, 5) is 12.5. The van der Waals surface area contributed by atoms with Crippen LogP contribution in [0.4, 0.5) is 9.18 Å². The van der Waals surface area contributed by atoms with E-state index in [1.54, 1.807) is 24.3 Å². The van der Waals surface area contributed by atoms with Crippen LogP contribution in [0.15, 0.2) is 36.4 Å². The van der Waals surface area contributed by atoms with Gasteiger partial charge in [-0.25, -0.2) is 9.18 Å². The third-order valence-corrected chi connectivity index (χ3v) is 7.30. The third kappa shape index (κ3) is 4.58. The van der Waals surface area contributed by atoms with Gasteiger partial charge in [-0.2, -0.15) is 0 Å². The van der Waals surface area contributed by atoms with E-state index in [0.29, 0.717) is 5.56 Å². The Morgan fingerprint density at radius 3 is 2.31 bits per heavy atom. The van der Waals surface area contributed by atoms with Gasteiger partial charge in [-0.05, 0) is 48.5 Å². The second kappa shape index (κ2) is 8.90. The molecule has 2 heterocycles. The third-order valence-electron chi connectivity index (χ3n) is 6.91. The highest BCUT2D eigenvalue weighted by Crippen LogP contribution is 2.51. The fourth-order valence-electron chi connectivity index (χ4n) is 4.32. The largest absolute Gasteiger partial charge is 0.497 e. The molecule has 2 aromatic rings. The average Bonchev–Trinajstić information content (AvgIpc) is 3.16. The Kier molecular flexibility index (Phi) is 6.61. The number of carbonyl (C=O) groups is 1. The van der Waals surface area contributed by atoms with Crippen LogP contribution >= 0.6 is 11.6 Å². The van der Waals surface area contributed by atoms with Gasteiger partial charge >= 0.3 is 13.2 Å². The fraction of sp³-hybridized carbons (Fsp3) is 0.500. The SMILES string of the molecule is CC(C)(C)NC(=O)OCC1(c2ccccc2)Oc2cc(F)c(Cl)c(B3OC(C)(C)C(C)(C)O3)c2C1O. The molecule has 0 aromatic heterocycles. The lowest BCUT2D eigenvalue weighted by Crippen LogP contribution is -2.46. The van der Waals surface area contributed by atoms with Crippen molar-refractivity contribution in [3.63, 3.8) is 0 Å². The molecule has 4 rings (SSSR count). The lowest BCUT2D eigenvalue weighted by molar-refractivity contribution is -0.0725. The zero-order valence-electron chi connectivity index (χ0n) is 21.6. The molecular formula is C26H32BClFNO6. The van der Waals surface area contributed by atoms with E-state index in [0.717, 1.165) is 6.07 Å². The van der Waals surface area contributed by atoms with Crippen LogP contribution in [-0.2, 0) is 19.6 Å². The van der Waals surface area contributed by atoms with Gasteiger partial charge in [-0.3, -0.25) is 0 Å². The van der Waals surface area contributed by atoms with Crippen LogP contribution in [-0.4, -0.2) is 41.7 Å². The van der Waals surface area contributed by atoms with Crippen molar-refractivity contribution >= 4 is 30.3 Å². The van der Waals surface area contributed by atoms with E-state index in [4.69, 9.17) is 30.4 Å². The molecule has 7 nitrogen and oxygen atoms in total. The molecular weight excluding hydrogens is 488 g/mol. The van der Waals surface area contributed by atoms with Crippen molar-refractivity contribution in [1.82, 2.24) is 5.32 Å². The summed E-state index contributed by atoms with van der Waals surface area (Å²) in [5.41, 5.74) is -2.64. The number of hydrogen-bond donors (Lipinski definition) is 2.